The summed E-state index contributed by atoms with van der Waals surface area (Å²) in [6.45, 7) is 3.19. The van der Waals surface area contributed by atoms with Gasteiger partial charge >= 0.3 is 0 Å². The fourth-order valence-corrected chi connectivity index (χ4v) is 3.15. The molecular formula is C19H30N2O2. The molecule has 1 aromatic carbocycles. The van der Waals surface area contributed by atoms with E-state index >= 15 is 0 Å². The summed E-state index contributed by atoms with van der Waals surface area (Å²) in [6, 6.07) is 9.11. The lowest BCUT2D eigenvalue weighted by atomic mass is 10.0. The first kappa shape index (κ1) is 17.8. The Balaban J connectivity index is 1.55. The number of nitrogens with one attached hydrogen (secondary N) is 2. The van der Waals surface area contributed by atoms with Crippen LogP contribution in [-0.2, 0) is 11.2 Å². The number of carbonyl (C=O) groups is 1. The molecule has 1 saturated heterocycles. The monoisotopic (exact) mass is 318 g/mol. The predicted octanol–water partition coefficient (Wildman–Crippen LogP) is 3.05. The fraction of sp³-hybridized carbons (Fsp3) is 0.632. The summed E-state index contributed by atoms with van der Waals surface area (Å²) >= 11 is 0. The molecule has 0 spiro atoms. The normalized spacial score (nSPS) is 21.0. The Morgan fingerprint density at radius 2 is 2.04 bits per heavy atom. The number of aryl methyl sites for hydroxylation is 1. The molecule has 2 rings (SSSR count). The zero-order valence-corrected chi connectivity index (χ0v) is 14.4. The fourth-order valence-electron chi connectivity index (χ4n) is 3.15. The number of methoxy groups -OCH3 is 1. The molecule has 0 saturated carbocycles. The van der Waals surface area contributed by atoms with Crippen LogP contribution in [0.3, 0.4) is 0 Å². The third kappa shape index (κ3) is 6.61. The maximum absolute atomic E-state index is 12.0. The molecule has 1 heterocycles. The van der Waals surface area contributed by atoms with E-state index in [-0.39, 0.29) is 5.91 Å². The van der Waals surface area contributed by atoms with Crippen molar-refractivity contribution in [2.24, 2.45) is 0 Å². The number of benzene rings is 1. The van der Waals surface area contributed by atoms with Gasteiger partial charge in [0.2, 0.25) is 5.91 Å². The summed E-state index contributed by atoms with van der Waals surface area (Å²) in [5.74, 6) is 1.12. The van der Waals surface area contributed by atoms with Crippen LogP contribution in [0.5, 0.6) is 5.75 Å². The van der Waals surface area contributed by atoms with Crippen molar-refractivity contribution in [3.05, 3.63) is 29.8 Å². The summed E-state index contributed by atoms with van der Waals surface area (Å²) < 4.78 is 5.16. The molecule has 2 atom stereocenters. The number of hydrogen-bond acceptors (Lipinski definition) is 3. The topological polar surface area (TPSA) is 50.4 Å². The lowest BCUT2D eigenvalue weighted by molar-refractivity contribution is -0.122. The quantitative estimate of drug-likeness (QED) is 0.724. The first-order valence-corrected chi connectivity index (χ1v) is 8.83. The number of hydrogen-bond donors (Lipinski definition) is 2. The summed E-state index contributed by atoms with van der Waals surface area (Å²) in [5.41, 5.74) is 1.33. The van der Waals surface area contributed by atoms with E-state index in [0.717, 1.165) is 50.8 Å². The molecule has 1 fully saturated rings. The van der Waals surface area contributed by atoms with E-state index in [0.29, 0.717) is 18.5 Å². The summed E-state index contributed by atoms with van der Waals surface area (Å²) in [7, 11) is 1.69. The maximum Gasteiger partial charge on any atom is 0.220 e. The van der Waals surface area contributed by atoms with Gasteiger partial charge in [-0.3, -0.25) is 4.79 Å². The third-order valence-electron chi connectivity index (χ3n) is 4.52. The van der Waals surface area contributed by atoms with E-state index in [2.05, 4.69) is 29.7 Å². The smallest absolute Gasteiger partial charge is 0.220 e. The van der Waals surface area contributed by atoms with Crippen LogP contribution in [-0.4, -0.2) is 31.6 Å². The van der Waals surface area contributed by atoms with Gasteiger partial charge in [-0.25, -0.2) is 0 Å². The molecule has 128 valence electrons. The highest BCUT2D eigenvalue weighted by Crippen LogP contribution is 2.14. The largest absolute Gasteiger partial charge is 0.497 e. The zero-order chi connectivity index (χ0) is 16.5. The lowest BCUT2D eigenvalue weighted by Gasteiger charge is -2.28. The van der Waals surface area contributed by atoms with Crippen LogP contribution >= 0.6 is 0 Å². The van der Waals surface area contributed by atoms with Crippen LogP contribution in [0.25, 0.3) is 0 Å². The second kappa shape index (κ2) is 9.56. The van der Waals surface area contributed by atoms with Crippen LogP contribution in [0.2, 0.25) is 0 Å². The van der Waals surface area contributed by atoms with Crippen molar-refractivity contribution in [3.8, 4) is 5.75 Å². The van der Waals surface area contributed by atoms with Crippen LogP contribution in [0.15, 0.2) is 24.3 Å². The molecule has 4 nitrogen and oxygen atoms in total. The second-order valence-electron chi connectivity index (χ2n) is 6.55. The van der Waals surface area contributed by atoms with E-state index in [4.69, 9.17) is 4.74 Å². The predicted molar refractivity (Wildman–Crippen MR) is 93.8 cm³/mol. The Labute approximate surface area is 140 Å². The minimum atomic E-state index is 0.216. The van der Waals surface area contributed by atoms with Crippen molar-refractivity contribution < 1.29 is 9.53 Å². The molecule has 4 heteroatoms. The van der Waals surface area contributed by atoms with Gasteiger partial charge in [0.05, 0.1) is 7.11 Å². The molecular weight excluding hydrogens is 288 g/mol. The van der Waals surface area contributed by atoms with E-state index in [1.807, 2.05) is 12.1 Å². The van der Waals surface area contributed by atoms with Crippen molar-refractivity contribution in [1.82, 2.24) is 10.6 Å². The van der Waals surface area contributed by atoms with Crippen molar-refractivity contribution >= 4 is 5.91 Å². The maximum atomic E-state index is 12.0. The third-order valence-corrected chi connectivity index (χ3v) is 4.52. The number of carbonyl (C=O) groups excluding carboxylic acids is 1. The minimum Gasteiger partial charge on any atom is -0.497 e. The van der Waals surface area contributed by atoms with Crippen molar-refractivity contribution in [1.29, 1.82) is 0 Å². The Bertz CT molecular complexity index is 473. The highest BCUT2D eigenvalue weighted by molar-refractivity contribution is 5.76. The van der Waals surface area contributed by atoms with Crippen LogP contribution in [0.4, 0.5) is 0 Å². The average molecular weight is 318 g/mol. The molecule has 1 aromatic rings. The van der Waals surface area contributed by atoms with Gasteiger partial charge in [-0.1, -0.05) is 18.6 Å². The molecule has 0 aliphatic carbocycles. The first-order chi connectivity index (χ1) is 11.2. The molecule has 2 N–H and O–H groups in total. The Morgan fingerprint density at radius 1 is 1.26 bits per heavy atom. The van der Waals surface area contributed by atoms with Gasteiger partial charge in [0.15, 0.2) is 0 Å². The molecule has 0 aromatic heterocycles. The van der Waals surface area contributed by atoms with E-state index < -0.39 is 0 Å². The highest BCUT2D eigenvalue weighted by Gasteiger charge is 2.19. The second-order valence-corrected chi connectivity index (χ2v) is 6.55. The molecule has 0 bridgehead atoms. The van der Waals surface area contributed by atoms with Crippen LogP contribution < -0.4 is 15.4 Å². The standard InChI is InChI=1S/C19H30N2O2/c1-15-14-17(12-13-20-15)21-19(22)7-5-3-4-6-16-8-10-18(23-2)11-9-16/h8-11,15,17,20H,3-7,12-14H2,1-2H3,(H,21,22). The van der Waals surface area contributed by atoms with Gasteiger partial charge in [0, 0.05) is 18.5 Å². The van der Waals surface area contributed by atoms with Gasteiger partial charge in [0.25, 0.3) is 0 Å². The van der Waals surface area contributed by atoms with Crippen LogP contribution in [0.1, 0.15) is 51.0 Å². The highest BCUT2D eigenvalue weighted by atomic mass is 16.5. The molecule has 1 amide bonds. The summed E-state index contributed by atoms with van der Waals surface area (Å²) in [5, 5.41) is 6.59. The number of amides is 1. The number of rotatable bonds is 8. The first-order valence-electron chi connectivity index (χ1n) is 8.83. The number of ether oxygens (including phenoxy) is 1. The Morgan fingerprint density at radius 3 is 2.74 bits per heavy atom. The minimum absolute atomic E-state index is 0.216. The van der Waals surface area contributed by atoms with Crippen molar-refractivity contribution in [2.75, 3.05) is 13.7 Å². The van der Waals surface area contributed by atoms with Gasteiger partial charge in [-0.05, 0) is 63.3 Å². The lowest BCUT2D eigenvalue weighted by Crippen LogP contribution is -2.46. The van der Waals surface area contributed by atoms with E-state index in [1.54, 1.807) is 7.11 Å². The zero-order valence-electron chi connectivity index (χ0n) is 14.4. The van der Waals surface area contributed by atoms with Crippen LogP contribution in [0, 0.1) is 0 Å². The average Bonchev–Trinajstić information content (AvgIpc) is 2.55. The SMILES string of the molecule is COc1ccc(CCCCCC(=O)NC2CCNC(C)C2)cc1. The van der Waals surface area contributed by atoms with Crippen molar-refractivity contribution in [2.45, 2.75) is 64.0 Å². The van der Waals surface area contributed by atoms with Crippen molar-refractivity contribution in [3.63, 3.8) is 0 Å². The van der Waals surface area contributed by atoms with E-state index in [9.17, 15) is 4.79 Å². The molecule has 2 unspecified atom stereocenters. The Hall–Kier alpha value is -1.55. The molecule has 0 radical (unpaired) electrons. The summed E-state index contributed by atoms with van der Waals surface area (Å²) in [6.07, 6.45) is 7.02. The number of piperidine rings is 1. The molecule has 1 aliphatic heterocycles. The molecule has 23 heavy (non-hydrogen) atoms. The Kier molecular flexibility index (Phi) is 7.40. The van der Waals surface area contributed by atoms with Gasteiger partial charge in [-0.15, -0.1) is 0 Å². The van der Waals surface area contributed by atoms with Gasteiger partial charge < -0.3 is 15.4 Å². The number of unbranched alkanes of at least 4 members (excludes halogenated alkanes) is 2. The summed E-state index contributed by atoms with van der Waals surface area (Å²) in [4.78, 5) is 12.0. The molecule has 1 aliphatic rings. The van der Waals surface area contributed by atoms with Gasteiger partial charge in [-0.2, -0.15) is 0 Å². The van der Waals surface area contributed by atoms with E-state index in [1.165, 1.54) is 5.56 Å². The van der Waals surface area contributed by atoms with Gasteiger partial charge in [0.1, 0.15) is 5.75 Å².